The number of fused-ring (bicyclic) bond motifs is 3. The van der Waals surface area contributed by atoms with Crippen molar-refractivity contribution in [1.29, 1.82) is 0 Å². The Bertz CT molecular complexity index is 1150. The Labute approximate surface area is 212 Å². The third-order valence-corrected chi connectivity index (χ3v) is 9.08. The van der Waals surface area contributed by atoms with Crippen LogP contribution in [0.5, 0.6) is 5.75 Å². The van der Waals surface area contributed by atoms with Gasteiger partial charge in [0.25, 0.3) is 0 Å². The van der Waals surface area contributed by atoms with Crippen LogP contribution in [0, 0.1) is 11.3 Å². The molecule has 4 atom stereocenters. The first kappa shape index (κ1) is 24.2. The minimum Gasteiger partial charge on any atom is -0.490 e. The number of benzene rings is 2. The van der Waals surface area contributed by atoms with Crippen molar-refractivity contribution in [2.45, 2.75) is 57.0 Å². The number of aryl methyl sites for hydroxylation is 1. The van der Waals surface area contributed by atoms with Gasteiger partial charge in [0, 0.05) is 23.5 Å². The molecule has 0 saturated heterocycles. The van der Waals surface area contributed by atoms with E-state index in [1.54, 1.807) is 24.3 Å². The van der Waals surface area contributed by atoms with Crippen molar-refractivity contribution >= 4 is 23.3 Å². The van der Waals surface area contributed by atoms with Gasteiger partial charge in [-0.3, -0.25) is 0 Å². The van der Waals surface area contributed by atoms with Gasteiger partial charge in [-0.05, 0) is 91.3 Å². The number of aliphatic hydroxyl groups excluding tert-OH is 1. The third kappa shape index (κ3) is 4.23. The summed E-state index contributed by atoms with van der Waals surface area (Å²) in [6.45, 7) is 8.01. The summed E-state index contributed by atoms with van der Waals surface area (Å²) < 4.78 is 6.43. The molecule has 5 nitrogen and oxygen atoms in total. The topological polar surface area (TPSA) is 70.0 Å². The molecule has 1 aliphatic heterocycles. The molecule has 186 valence electrons. The highest BCUT2D eigenvalue weighted by Crippen LogP contribution is 2.52. The van der Waals surface area contributed by atoms with Gasteiger partial charge >= 0.3 is 5.97 Å². The van der Waals surface area contributed by atoms with Crippen LogP contribution in [0.15, 0.2) is 49.1 Å². The number of anilines is 1. The van der Waals surface area contributed by atoms with E-state index in [1.807, 2.05) is 6.07 Å². The van der Waals surface area contributed by atoms with Gasteiger partial charge in [-0.15, -0.1) is 6.58 Å². The van der Waals surface area contributed by atoms with Crippen LogP contribution in [0.25, 0.3) is 0 Å². The second-order valence-electron chi connectivity index (χ2n) is 10.9. The van der Waals surface area contributed by atoms with Crippen molar-refractivity contribution in [3.05, 3.63) is 70.8 Å². The van der Waals surface area contributed by atoms with Gasteiger partial charge in [-0.25, -0.2) is 4.79 Å². The minimum atomic E-state index is -0.945. The van der Waals surface area contributed by atoms with Crippen LogP contribution in [0.1, 0.15) is 60.5 Å². The van der Waals surface area contributed by atoms with Crippen molar-refractivity contribution in [2.24, 2.45) is 11.3 Å². The lowest BCUT2D eigenvalue weighted by Gasteiger charge is -2.52. The smallest absolute Gasteiger partial charge is 0.335 e. The third-order valence-electron chi connectivity index (χ3n) is 8.84. The first-order valence-electron chi connectivity index (χ1n) is 12.6. The van der Waals surface area contributed by atoms with Crippen molar-refractivity contribution in [1.82, 2.24) is 0 Å². The maximum atomic E-state index is 11.8. The van der Waals surface area contributed by atoms with Crippen molar-refractivity contribution in [3.63, 3.8) is 0 Å². The second-order valence-corrected chi connectivity index (χ2v) is 11.3. The normalized spacial score (nSPS) is 28.2. The molecule has 6 heteroatoms. The van der Waals surface area contributed by atoms with E-state index in [9.17, 15) is 15.0 Å². The molecule has 35 heavy (non-hydrogen) atoms. The molecule has 2 aromatic carbocycles. The maximum Gasteiger partial charge on any atom is 0.335 e. The molecule has 2 aromatic rings. The summed E-state index contributed by atoms with van der Waals surface area (Å²) in [4.78, 5) is 14.1. The van der Waals surface area contributed by atoms with Crippen LogP contribution in [0.4, 0.5) is 5.69 Å². The number of nitrogens with zero attached hydrogens (tertiary/aromatic N) is 1. The van der Waals surface area contributed by atoms with Gasteiger partial charge in [0.05, 0.1) is 24.0 Å². The number of hydrogen-bond donors (Lipinski definition) is 2. The fraction of sp³-hybridized carbons (Fsp3) is 0.483. The van der Waals surface area contributed by atoms with E-state index in [1.165, 1.54) is 11.1 Å². The Morgan fingerprint density at radius 1 is 1.31 bits per heavy atom. The van der Waals surface area contributed by atoms with Crippen molar-refractivity contribution in [3.8, 4) is 5.75 Å². The molecule has 2 N–H and O–H groups in total. The molecule has 1 spiro atoms. The molecule has 0 aromatic heterocycles. The molecule has 3 aliphatic rings. The zero-order valence-electron chi connectivity index (χ0n) is 20.3. The van der Waals surface area contributed by atoms with E-state index in [-0.39, 0.29) is 16.4 Å². The van der Waals surface area contributed by atoms with Gasteiger partial charge in [0.2, 0.25) is 0 Å². The first-order valence-corrected chi connectivity index (χ1v) is 13.0. The summed E-state index contributed by atoms with van der Waals surface area (Å²) in [6.07, 6.45) is 7.01. The highest BCUT2D eigenvalue weighted by Gasteiger charge is 2.49. The van der Waals surface area contributed by atoms with E-state index < -0.39 is 12.1 Å². The van der Waals surface area contributed by atoms with Gasteiger partial charge in [0.1, 0.15) is 5.75 Å². The number of aliphatic hydroxyl groups is 1. The largest absolute Gasteiger partial charge is 0.490 e. The summed E-state index contributed by atoms with van der Waals surface area (Å²) >= 11 is 6.34. The van der Waals surface area contributed by atoms with E-state index in [0.717, 1.165) is 61.7 Å². The SMILES string of the molecule is C=CC[C@H](O)[C@]1(C)CC[C@H]1CN1C[C@@]2(CCCc3cc(Cl)ccc32)COc2ccc(C(=O)O)cc21. The Hall–Kier alpha value is -2.50. The quantitative estimate of drug-likeness (QED) is 0.491. The molecule has 1 saturated carbocycles. The number of hydrogen-bond acceptors (Lipinski definition) is 4. The predicted molar refractivity (Wildman–Crippen MR) is 139 cm³/mol. The Morgan fingerprint density at radius 2 is 2.14 bits per heavy atom. The summed E-state index contributed by atoms with van der Waals surface area (Å²) in [5.74, 6) is 0.0714. The molecular weight excluding hydrogens is 462 g/mol. The molecule has 0 bridgehead atoms. The zero-order valence-corrected chi connectivity index (χ0v) is 21.1. The van der Waals surface area contributed by atoms with Crippen LogP contribution >= 0.6 is 11.6 Å². The number of ether oxygens (including phenoxy) is 1. The van der Waals surface area contributed by atoms with Crippen LogP contribution in [0.3, 0.4) is 0 Å². The Kier molecular flexibility index (Phi) is 6.35. The second kappa shape index (κ2) is 9.18. The highest BCUT2D eigenvalue weighted by molar-refractivity contribution is 6.30. The van der Waals surface area contributed by atoms with E-state index in [4.69, 9.17) is 16.3 Å². The maximum absolute atomic E-state index is 11.8. The lowest BCUT2D eigenvalue weighted by Crippen LogP contribution is -2.53. The van der Waals surface area contributed by atoms with E-state index in [0.29, 0.717) is 18.9 Å². The van der Waals surface area contributed by atoms with Gasteiger partial charge in [-0.1, -0.05) is 30.7 Å². The van der Waals surface area contributed by atoms with Crippen molar-refractivity contribution in [2.75, 3.05) is 24.6 Å². The fourth-order valence-electron chi connectivity index (χ4n) is 6.48. The van der Waals surface area contributed by atoms with Crippen LogP contribution < -0.4 is 9.64 Å². The number of carboxylic acid groups (broad SMARTS) is 1. The van der Waals surface area contributed by atoms with Crippen LogP contribution in [-0.2, 0) is 11.8 Å². The molecule has 1 heterocycles. The lowest BCUT2D eigenvalue weighted by atomic mass is 9.57. The number of carboxylic acids is 1. The lowest BCUT2D eigenvalue weighted by molar-refractivity contribution is -0.0695. The fourth-order valence-corrected chi connectivity index (χ4v) is 6.68. The average molecular weight is 496 g/mol. The van der Waals surface area contributed by atoms with Crippen molar-refractivity contribution < 1.29 is 19.7 Å². The first-order chi connectivity index (χ1) is 16.8. The summed E-state index contributed by atoms with van der Waals surface area (Å²) in [5, 5.41) is 21.3. The Morgan fingerprint density at radius 3 is 2.86 bits per heavy atom. The highest BCUT2D eigenvalue weighted by atomic mass is 35.5. The van der Waals surface area contributed by atoms with Gasteiger partial charge in [0.15, 0.2) is 0 Å². The number of rotatable bonds is 6. The minimum absolute atomic E-state index is 0.183. The number of aromatic carboxylic acids is 1. The molecule has 2 aliphatic carbocycles. The summed E-state index contributed by atoms with van der Waals surface area (Å²) in [6, 6.07) is 11.4. The zero-order chi connectivity index (χ0) is 24.8. The molecule has 0 radical (unpaired) electrons. The molecule has 0 unspecified atom stereocenters. The molecule has 0 amide bonds. The Balaban J connectivity index is 1.55. The van der Waals surface area contributed by atoms with Gasteiger partial charge < -0.3 is 19.8 Å². The van der Waals surface area contributed by atoms with Gasteiger partial charge in [-0.2, -0.15) is 0 Å². The average Bonchev–Trinajstić information content (AvgIpc) is 2.98. The number of carbonyl (C=O) groups is 1. The summed E-state index contributed by atoms with van der Waals surface area (Å²) in [7, 11) is 0. The van der Waals surface area contributed by atoms with E-state index in [2.05, 4.69) is 30.5 Å². The van der Waals surface area contributed by atoms with Crippen LogP contribution in [0.2, 0.25) is 5.02 Å². The van der Waals surface area contributed by atoms with Crippen LogP contribution in [-0.4, -0.2) is 42.0 Å². The summed E-state index contributed by atoms with van der Waals surface area (Å²) in [5.41, 5.74) is 3.26. The molecule has 5 rings (SSSR count). The predicted octanol–water partition coefficient (Wildman–Crippen LogP) is 5.86. The molecule has 1 fully saturated rings. The standard InChI is InChI=1S/C29H34ClNO4/c1-3-5-26(32)28(2)13-11-21(28)16-31-17-29(12-4-6-19-14-22(30)8-9-23(19)29)18-35-25-10-7-20(27(33)34)15-24(25)31/h3,7-10,14-15,21,26,32H,1,4-6,11-13,16-18H2,2H3,(H,33,34)/t21-,26-,28+,29-/m0/s1. The number of halogens is 1. The molecular formula is C29H34ClNO4. The monoisotopic (exact) mass is 495 g/mol. The van der Waals surface area contributed by atoms with E-state index >= 15 is 0 Å².